The Morgan fingerprint density at radius 3 is 0.438 bits per heavy atom. The topological polar surface area (TPSA) is 241 Å². The molecule has 0 heterocycles. The molecule has 0 aliphatic rings. The maximum atomic E-state index is 8.52. The van der Waals surface area contributed by atoms with E-state index < -0.39 is 31.2 Å². The van der Waals surface area contributed by atoms with Crippen LogP contribution in [0.5, 0.6) is 0 Å². The third-order valence-electron chi connectivity index (χ3n) is 0. The summed E-state index contributed by atoms with van der Waals surface area (Å²) < 4.78 is 102. The van der Waals surface area contributed by atoms with Crippen LogP contribution in [0, 0.1) is 31.1 Å². The van der Waals surface area contributed by atoms with Crippen molar-refractivity contribution in [3.8, 4) is 0 Å². The van der Waals surface area contributed by atoms with Gasteiger partial charge >= 0.3 is 31.1 Å². The van der Waals surface area contributed by atoms with Gasteiger partial charge in [0, 0.05) is 31.2 Å². The van der Waals surface area contributed by atoms with Gasteiger partial charge < -0.3 is 27.3 Å². The number of rotatable bonds is 0. The minimum atomic E-state index is -5.17. The largest absolute Gasteiger partial charge is 6.00 e. The van der Waals surface area contributed by atoms with E-state index in [1.54, 1.807) is 0 Å². The molecule has 12 nitrogen and oxygen atoms in total. The molecule has 0 aromatic heterocycles. The van der Waals surface area contributed by atoms with E-state index >= 15 is 0 Å². The molecule has 0 amide bonds. The maximum absolute atomic E-state index is 8.52. The zero-order valence-corrected chi connectivity index (χ0v) is 13.2. The summed E-state index contributed by atoms with van der Waals surface area (Å²) in [4.78, 5) is 0. The van der Waals surface area contributed by atoms with Crippen molar-refractivity contribution < 1.29 is 83.7 Å². The van der Waals surface area contributed by atoms with Crippen LogP contribution in [0.2, 0.25) is 0 Å². The summed E-state index contributed by atoms with van der Waals surface area (Å²) in [5.74, 6) is 0. The van der Waals surface area contributed by atoms with Crippen molar-refractivity contribution in [1.29, 1.82) is 0 Å². The summed E-state index contributed by atoms with van der Waals surface area (Å²) in [5.41, 5.74) is 0. The Morgan fingerprint density at radius 2 is 0.438 bits per heavy atom. The van der Waals surface area contributed by atoms with Crippen LogP contribution in [0.4, 0.5) is 0 Å². The molecule has 16 heavy (non-hydrogen) atoms. The predicted octanol–water partition coefficient (Wildman–Crippen LogP) is -4.01. The summed E-state index contributed by atoms with van der Waals surface area (Å²) in [6, 6.07) is 0. The van der Waals surface area contributed by atoms with Gasteiger partial charge in [-0.05, 0) is 0 Å². The van der Waals surface area contributed by atoms with Crippen molar-refractivity contribution in [2.75, 3.05) is 0 Å². The molecule has 0 rings (SSSR count). The Kier molecular flexibility index (Phi) is 15.4. The zero-order valence-electron chi connectivity index (χ0n) is 6.62. The van der Waals surface area contributed by atoms with Crippen LogP contribution in [0.15, 0.2) is 0 Å². The van der Waals surface area contributed by atoms with Gasteiger partial charge in [0.25, 0.3) is 0 Å². The molecule has 0 saturated heterocycles. The maximum Gasteiger partial charge on any atom is 6.00 e. The Labute approximate surface area is 114 Å². The van der Waals surface area contributed by atoms with E-state index in [2.05, 4.69) is 0 Å². The SMILES string of the molecule is O=S(=O)([O-])[O-].O=S(=O)([O-])[O-].O=S(=O)([O-])[O-].[U+6]. The van der Waals surface area contributed by atoms with Crippen LogP contribution in [0.25, 0.3) is 0 Å². The molecule has 0 spiro atoms. The third-order valence-corrected chi connectivity index (χ3v) is 0. The Balaban J connectivity index is -0.0000000655. The van der Waals surface area contributed by atoms with Crippen molar-refractivity contribution in [2.24, 2.45) is 0 Å². The molecule has 0 fully saturated rings. The average molecular weight is 526 g/mol. The second kappa shape index (κ2) is 9.67. The third kappa shape index (κ3) is 6250. The Bertz CT molecular complexity index is 337. The average Bonchev–Trinajstić information content (AvgIpc) is 1.41. The molecule has 0 unspecified atom stereocenters. The summed E-state index contributed by atoms with van der Waals surface area (Å²) >= 11 is 0. The van der Waals surface area contributed by atoms with Crippen LogP contribution in [0.3, 0.4) is 0 Å². The van der Waals surface area contributed by atoms with Gasteiger partial charge in [-0.2, -0.15) is 0 Å². The van der Waals surface area contributed by atoms with Crippen LogP contribution in [-0.4, -0.2) is 52.6 Å². The van der Waals surface area contributed by atoms with E-state index in [4.69, 9.17) is 52.6 Å². The van der Waals surface area contributed by atoms with Gasteiger partial charge in [0.15, 0.2) is 0 Å². The fraction of sp³-hybridized carbons (Fsp3) is 0. The molecule has 0 saturated carbocycles. The molecular formula is O12S3U. The molecule has 0 radical (unpaired) electrons. The molecule has 16 heteroatoms. The predicted molar refractivity (Wildman–Crippen MR) is 31.4 cm³/mol. The molecule has 0 aliphatic carbocycles. The van der Waals surface area contributed by atoms with E-state index in [1.165, 1.54) is 0 Å². The van der Waals surface area contributed by atoms with E-state index in [9.17, 15) is 0 Å². The summed E-state index contributed by atoms with van der Waals surface area (Å²) in [6.45, 7) is 0. The molecular weight excluding hydrogens is 526 g/mol. The van der Waals surface area contributed by atoms with Gasteiger partial charge in [-0.25, -0.2) is 0 Å². The first-order valence-corrected chi connectivity index (χ1v) is 6.00. The van der Waals surface area contributed by atoms with Crippen molar-refractivity contribution in [1.82, 2.24) is 0 Å². The molecule has 0 aliphatic heterocycles. The van der Waals surface area contributed by atoms with E-state index in [0.717, 1.165) is 0 Å². The summed E-state index contributed by atoms with van der Waals surface area (Å²) in [6.07, 6.45) is 0. The van der Waals surface area contributed by atoms with Gasteiger partial charge in [0.1, 0.15) is 0 Å². The van der Waals surface area contributed by atoms with Crippen molar-refractivity contribution in [3.05, 3.63) is 0 Å². The quantitative estimate of drug-likeness (QED) is 0.217. The Morgan fingerprint density at radius 1 is 0.438 bits per heavy atom. The number of hydrogen-bond acceptors (Lipinski definition) is 12. The van der Waals surface area contributed by atoms with Crippen LogP contribution < -0.4 is 0 Å². The zero-order chi connectivity index (χ0) is 13.5. The first-order valence-electron chi connectivity index (χ1n) is 2.00. The Hall–Kier alpha value is 0.662. The number of hydrogen-bond donors (Lipinski definition) is 0. The first-order chi connectivity index (χ1) is 6.00. The van der Waals surface area contributed by atoms with E-state index in [1.807, 2.05) is 0 Å². The van der Waals surface area contributed by atoms with Gasteiger partial charge in [0.2, 0.25) is 0 Å². The van der Waals surface area contributed by atoms with Gasteiger partial charge in [-0.1, -0.05) is 0 Å². The molecule has 0 aromatic rings. The summed E-state index contributed by atoms with van der Waals surface area (Å²) in [7, 11) is -15.5. The molecule has 0 bridgehead atoms. The van der Waals surface area contributed by atoms with Crippen LogP contribution in [0.1, 0.15) is 0 Å². The first kappa shape index (κ1) is 25.5. The van der Waals surface area contributed by atoms with Crippen molar-refractivity contribution >= 4 is 31.2 Å². The molecule has 0 N–H and O–H groups in total. The standard InChI is InChI=1S/3H2O4S.U/c3*1-5(2,3)4;/h3*(H2,1,2,3,4);/q;;;+6/p-6. The van der Waals surface area contributed by atoms with Gasteiger partial charge in [0.05, 0.1) is 0 Å². The normalized spacial score (nSPS) is 10.9. The minimum absolute atomic E-state index is 0. The smallest absolute Gasteiger partial charge is 0.759 e. The van der Waals surface area contributed by atoms with Crippen LogP contribution in [-0.2, 0) is 31.2 Å². The molecule has 94 valence electrons. The fourth-order valence-electron chi connectivity index (χ4n) is 0. The fourth-order valence-corrected chi connectivity index (χ4v) is 0. The van der Waals surface area contributed by atoms with Gasteiger partial charge in [-0.15, -0.1) is 0 Å². The second-order valence-corrected chi connectivity index (χ2v) is 3.67. The van der Waals surface area contributed by atoms with E-state index in [-0.39, 0.29) is 31.1 Å². The minimum Gasteiger partial charge on any atom is -0.759 e. The molecule has 0 atom stereocenters. The van der Waals surface area contributed by atoms with Crippen molar-refractivity contribution in [2.45, 2.75) is 0 Å². The van der Waals surface area contributed by atoms with Crippen molar-refractivity contribution in [3.63, 3.8) is 0 Å². The monoisotopic (exact) mass is 526 g/mol. The van der Waals surface area contributed by atoms with Crippen LogP contribution >= 0.6 is 0 Å². The second-order valence-electron chi connectivity index (χ2n) is 1.22. The summed E-state index contributed by atoms with van der Waals surface area (Å²) in [5, 5.41) is 0. The van der Waals surface area contributed by atoms with Gasteiger partial charge in [-0.3, -0.25) is 25.3 Å². The molecule has 0 aromatic carbocycles. The van der Waals surface area contributed by atoms with E-state index in [0.29, 0.717) is 0 Å².